The molecule has 0 unspecified atom stereocenters. The monoisotopic (exact) mass is 367 g/mol. The molecule has 0 radical (unpaired) electrons. The zero-order valence-corrected chi connectivity index (χ0v) is 14.7. The van der Waals surface area contributed by atoms with Crippen LogP contribution in [0.15, 0.2) is 60.7 Å². The third-order valence-corrected chi connectivity index (χ3v) is 3.09. The van der Waals surface area contributed by atoms with E-state index in [0.29, 0.717) is 0 Å². The number of benzene rings is 2. The molecule has 3 aromatic rings. The van der Waals surface area contributed by atoms with Crippen LogP contribution in [-0.4, -0.2) is 0 Å². The van der Waals surface area contributed by atoms with E-state index >= 15 is 0 Å². The molecule has 0 aliphatic heterocycles. The number of aryl methyl sites for hydroxylation is 1. The molecule has 3 rings (SSSR count). The molecular formula is C16H15Cl2Zr-. The Morgan fingerprint density at radius 1 is 0.789 bits per heavy atom. The molecule has 3 aromatic carbocycles. The minimum atomic E-state index is 0. The first kappa shape index (κ1) is 18.5. The van der Waals surface area contributed by atoms with Crippen molar-refractivity contribution < 1.29 is 26.2 Å². The first-order valence-electron chi connectivity index (χ1n) is 5.57. The fourth-order valence-corrected chi connectivity index (χ4v) is 2.29. The van der Waals surface area contributed by atoms with Gasteiger partial charge in [0.05, 0.1) is 0 Å². The average molecular weight is 369 g/mol. The minimum absolute atomic E-state index is 0. The summed E-state index contributed by atoms with van der Waals surface area (Å²) in [5.41, 5.74) is 4.00. The first-order chi connectivity index (χ1) is 7.86. The van der Waals surface area contributed by atoms with Gasteiger partial charge >= 0.3 is 0 Å². The van der Waals surface area contributed by atoms with E-state index in [9.17, 15) is 0 Å². The van der Waals surface area contributed by atoms with Crippen LogP contribution >= 0.6 is 24.8 Å². The van der Waals surface area contributed by atoms with Crippen molar-refractivity contribution in [1.82, 2.24) is 0 Å². The smallest absolute Gasteiger partial charge is 0 e. The summed E-state index contributed by atoms with van der Waals surface area (Å²) in [5.74, 6) is 0. The second-order valence-electron chi connectivity index (χ2n) is 4.15. The Bertz CT molecular complexity index is 630. The fraction of sp³-hybridized carbons (Fsp3) is 0.0625. The summed E-state index contributed by atoms with van der Waals surface area (Å²) in [6, 6.07) is 21.4. The van der Waals surface area contributed by atoms with Crippen LogP contribution in [0.1, 0.15) is 5.56 Å². The molecule has 0 nitrogen and oxygen atoms in total. The predicted molar refractivity (Wildman–Crippen MR) is 84.2 cm³/mol. The van der Waals surface area contributed by atoms with Crippen molar-refractivity contribution in [1.29, 1.82) is 0 Å². The van der Waals surface area contributed by atoms with Gasteiger partial charge in [-0.3, -0.25) is 0 Å². The molecule has 0 fully saturated rings. The van der Waals surface area contributed by atoms with E-state index in [2.05, 4.69) is 67.6 Å². The zero-order valence-electron chi connectivity index (χ0n) is 10.6. The molecule has 0 aliphatic carbocycles. The second kappa shape index (κ2) is 7.95. The number of fused-ring (bicyclic) bond motifs is 1. The number of hydrogen-bond acceptors (Lipinski definition) is 0. The number of halogens is 2. The third-order valence-electron chi connectivity index (χ3n) is 3.09. The maximum absolute atomic E-state index is 2.28. The summed E-state index contributed by atoms with van der Waals surface area (Å²) in [6.07, 6.45) is 0. The molecule has 0 bridgehead atoms. The molecule has 0 aliphatic rings. The number of rotatable bonds is 1. The third kappa shape index (κ3) is 3.54. The van der Waals surface area contributed by atoms with Gasteiger partial charge in [-0.05, 0) is 0 Å². The van der Waals surface area contributed by atoms with Crippen LogP contribution in [0.3, 0.4) is 0 Å². The van der Waals surface area contributed by atoms with Crippen molar-refractivity contribution in [2.24, 2.45) is 0 Å². The van der Waals surface area contributed by atoms with Crippen LogP contribution in [0, 0.1) is 6.92 Å². The number of hydrogen-bond donors (Lipinski definition) is 0. The van der Waals surface area contributed by atoms with Crippen LogP contribution in [0.5, 0.6) is 0 Å². The summed E-state index contributed by atoms with van der Waals surface area (Å²) in [4.78, 5) is 0. The second-order valence-corrected chi connectivity index (χ2v) is 4.15. The summed E-state index contributed by atoms with van der Waals surface area (Å²) < 4.78 is 0. The van der Waals surface area contributed by atoms with Gasteiger partial charge in [-0.25, -0.2) is 0 Å². The molecule has 0 saturated heterocycles. The van der Waals surface area contributed by atoms with Gasteiger partial charge in [0.1, 0.15) is 0 Å². The van der Waals surface area contributed by atoms with E-state index in [-0.39, 0.29) is 51.0 Å². The molecule has 0 spiro atoms. The molecule has 98 valence electrons. The van der Waals surface area contributed by atoms with Gasteiger partial charge < -0.3 is 0 Å². The maximum Gasteiger partial charge on any atom is 0 e. The summed E-state index contributed by atoms with van der Waals surface area (Å²) in [6.45, 7) is 2.18. The van der Waals surface area contributed by atoms with Crippen LogP contribution in [0.4, 0.5) is 0 Å². The fourth-order valence-electron chi connectivity index (χ4n) is 2.29. The quantitative estimate of drug-likeness (QED) is 0.506. The van der Waals surface area contributed by atoms with E-state index < -0.39 is 0 Å². The van der Waals surface area contributed by atoms with E-state index in [1.54, 1.807) is 0 Å². The van der Waals surface area contributed by atoms with Crippen LogP contribution in [0.25, 0.3) is 21.9 Å². The van der Waals surface area contributed by atoms with E-state index in [0.717, 1.165) is 0 Å². The SMILES string of the molecule is Cc1c[c-](-c2ccccc2)c2ccccc12.Cl.Cl.[Zr]. The Kier molecular flexibility index (Phi) is 7.74. The van der Waals surface area contributed by atoms with Crippen molar-refractivity contribution in [2.75, 3.05) is 0 Å². The molecular weight excluding hydrogens is 354 g/mol. The molecule has 0 atom stereocenters. The molecule has 0 saturated carbocycles. The molecule has 0 heterocycles. The van der Waals surface area contributed by atoms with E-state index in [4.69, 9.17) is 0 Å². The van der Waals surface area contributed by atoms with Crippen LogP contribution in [0.2, 0.25) is 0 Å². The summed E-state index contributed by atoms with van der Waals surface area (Å²) >= 11 is 0. The van der Waals surface area contributed by atoms with Gasteiger partial charge in [-0.15, -0.1) is 60.2 Å². The van der Waals surface area contributed by atoms with Crippen LogP contribution < -0.4 is 0 Å². The predicted octanol–water partition coefficient (Wildman–Crippen LogP) is 5.38. The van der Waals surface area contributed by atoms with Crippen molar-refractivity contribution in [3.8, 4) is 11.1 Å². The first-order valence-corrected chi connectivity index (χ1v) is 5.57. The normalized spacial score (nSPS) is 9.11. The Morgan fingerprint density at radius 3 is 2.05 bits per heavy atom. The van der Waals surface area contributed by atoms with E-state index in [1.807, 2.05) is 0 Å². The van der Waals surface area contributed by atoms with Gasteiger partial charge in [0.2, 0.25) is 0 Å². The van der Waals surface area contributed by atoms with Gasteiger partial charge in [0, 0.05) is 26.2 Å². The Balaban J connectivity index is 0.00000108. The van der Waals surface area contributed by atoms with Gasteiger partial charge in [-0.2, -0.15) is 0 Å². The molecule has 0 amide bonds. The Morgan fingerprint density at radius 2 is 1.37 bits per heavy atom. The van der Waals surface area contributed by atoms with Gasteiger partial charge in [0.25, 0.3) is 0 Å². The van der Waals surface area contributed by atoms with Crippen molar-refractivity contribution in [2.45, 2.75) is 6.92 Å². The van der Waals surface area contributed by atoms with Crippen molar-refractivity contribution >= 4 is 35.6 Å². The van der Waals surface area contributed by atoms with Gasteiger partial charge in [-0.1, -0.05) is 59.7 Å². The molecule has 0 aromatic heterocycles. The van der Waals surface area contributed by atoms with Crippen molar-refractivity contribution in [3.05, 3.63) is 66.2 Å². The standard InChI is InChI=1S/C16H13.2ClH.Zr/c1-12-11-16(13-7-3-2-4-8-13)15-10-6-5-9-14(12)15;;;/h2-11H,1H3;2*1H;/q-1;;;. The van der Waals surface area contributed by atoms with E-state index in [1.165, 1.54) is 27.5 Å². The minimum Gasteiger partial charge on any atom is -0.147 e. The maximum atomic E-state index is 2.28. The van der Waals surface area contributed by atoms with Gasteiger partial charge in [0.15, 0.2) is 0 Å². The Hall–Kier alpha value is -0.487. The molecule has 19 heavy (non-hydrogen) atoms. The largest absolute Gasteiger partial charge is 0.147 e. The zero-order chi connectivity index (χ0) is 11.0. The Labute approximate surface area is 145 Å². The molecule has 0 N–H and O–H groups in total. The van der Waals surface area contributed by atoms with Crippen molar-refractivity contribution in [3.63, 3.8) is 0 Å². The molecule has 3 heteroatoms. The topological polar surface area (TPSA) is 0 Å². The van der Waals surface area contributed by atoms with Crippen LogP contribution in [-0.2, 0) is 26.2 Å². The summed E-state index contributed by atoms with van der Waals surface area (Å²) in [7, 11) is 0. The summed E-state index contributed by atoms with van der Waals surface area (Å²) in [5, 5.41) is 2.72. The average Bonchev–Trinajstić information content (AvgIpc) is 2.69.